The molecule has 6 heteroatoms. The Bertz CT molecular complexity index is 525. The topological polar surface area (TPSA) is 75.6 Å². The molecule has 21 heavy (non-hydrogen) atoms. The minimum absolute atomic E-state index is 0.238. The molecule has 0 aromatic heterocycles. The van der Waals surface area contributed by atoms with Crippen LogP contribution in [0.1, 0.15) is 26.2 Å². The van der Waals surface area contributed by atoms with Crippen molar-refractivity contribution in [2.45, 2.75) is 41.9 Å². The molecule has 0 aliphatic heterocycles. The Morgan fingerprint density at radius 3 is 2.38 bits per heavy atom. The number of rotatable bonds is 6. The SMILES string of the molecule is COc1ccc(SC(C)C(=O)NC2(C(=O)O)CCC2)cc1. The van der Waals surface area contributed by atoms with E-state index in [0.717, 1.165) is 17.1 Å². The number of aliphatic carboxylic acids is 1. The summed E-state index contributed by atoms with van der Waals surface area (Å²) in [5, 5.41) is 11.6. The van der Waals surface area contributed by atoms with Gasteiger partial charge in [-0.05, 0) is 50.5 Å². The van der Waals surface area contributed by atoms with Gasteiger partial charge in [0.25, 0.3) is 0 Å². The number of carbonyl (C=O) groups is 2. The number of benzene rings is 1. The van der Waals surface area contributed by atoms with Crippen molar-refractivity contribution in [3.63, 3.8) is 0 Å². The van der Waals surface area contributed by atoms with E-state index in [9.17, 15) is 14.7 Å². The van der Waals surface area contributed by atoms with Crippen LogP contribution in [0.15, 0.2) is 29.2 Å². The van der Waals surface area contributed by atoms with Gasteiger partial charge in [0.2, 0.25) is 5.91 Å². The molecule has 1 unspecified atom stereocenters. The zero-order chi connectivity index (χ0) is 15.5. The van der Waals surface area contributed by atoms with E-state index in [2.05, 4.69) is 5.32 Å². The summed E-state index contributed by atoms with van der Waals surface area (Å²) in [5.74, 6) is -0.419. The number of carbonyl (C=O) groups excluding carboxylic acids is 1. The summed E-state index contributed by atoms with van der Waals surface area (Å²) in [4.78, 5) is 24.4. The summed E-state index contributed by atoms with van der Waals surface area (Å²) in [7, 11) is 1.60. The minimum Gasteiger partial charge on any atom is -0.497 e. The molecule has 1 saturated carbocycles. The number of thioether (sulfide) groups is 1. The number of hydrogen-bond acceptors (Lipinski definition) is 4. The number of methoxy groups -OCH3 is 1. The fourth-order valence-corrected chi connectivity index (χ4v) is 3.04. The highest BCUT2D eigenvalue weighted by Gasteiger charge is 2.46. The second-order valence-electron chi connectivity index (χ2n) is 5.17. The molecule has 1 aliphatic carbocycles. The molecule has 1 aliphatic rings. The largest absolute Gasteiger partial charge is 0.497 e. The van der Waals surface area contributed by atoms with Crippen LogP contribution in [0, 0.1) is 0 Å². The summed E-state index contributed by atoms with van der Waals surface area (Å²) in [6, 6.07) is 7.42. The summed E-state index contributed by atoms with van der Waals surface area (Å²) >= 11 is 1.40. The van der Waals surface area contributed by atoms with E-state index in [1.165, 1.54) is 11.8 Å². The van der Waals surface area contributed by atoms with Crippen molar-refractivity contribution in [1.29, 1.82) is 0 Å². The number of nitrogens with one attached hydrogen (secondary N) is 1. The van der Waals surface area contributed by atoms with E-state index in [1.807, 2.05) is 24.3 Å². The minimum atomic E-state index is -1.05. The summed E-state index contributed by atoms with van der Waals surface area (Å²) in [6.45, 7) is 1.78. The lowest BCUT2D eigenvalue weighted by Gasteiger charge is -2.38. The van der Waals surface area contributed by atoms with Gasteiger partial charge in [-0.3, -0.25) is 4.79 Å². The fraction of sp³-hybridized carbons (Fsp3) is 0.467. The molecule has 2 rings (SSSR count). The molecule has 1 aromatic carbocycles. The normalized spacial score (nSPS) is 17.4. The third-order valence-corrected chi connectivity index (χ3v) is 4.83. The Labute approximate surface area is 128 Å². The van der Waals surface area contributed by atoms with E-state index in [1.54, 1.807) is 14.0 Å². The molecule has 0 bridgehead atoms. The lowest BCUT2D eigenvalue weighted by molar-refractivity contribution is -0.151. The average molecular weight is 309 g/mol. The lowest BCUT2D eigenvalue weighted by atomic mass is 9.76. The molecule has 1 fully saturated rings. The Morgan fingerprint density at radius 2 is 1.95 bits per heavy atom. The first kappa shape index (κ1) is 15.7. The van der Waals surface area contributed by atoms with Gasteiger partial charge in [-0.15, -0.1) is 11.8 Å². The van der Waals surface area contributed by atoms with Gasteiger partial charge in [-0.2, -0.15) is 0 Å². The maximum Gasteiger partial charge on any atom is 0.329 e. The maximum atomic E-state index is 12.2. The van der Waals surface area contributed by atoms with Gasteiger partial charge in [-0.25, -0.2) is 4.79 Å². The van der Waals surface area contributed by atoms with Crippen molar-refractivity contribution >= 4 is 23.6 Å². The van der Waals surface area contributed by atoms with Crippen LogP contribution in [0.4, 0.5) is 0 Å². The molecule has 0 radical (unpaired) electrons. The Morgan fingerprint density at radius 1 is 1.33 bits per heavy atom. The summed E-state index contributed by atoms with van der Waals surface area (Å²) in [5.41, 5.74) is -1.05. The van der Waals surface area contributed by atoms with Crippen molar-refractivity contribution in [2.24, 2.45) is 0 Å². The highest BCUT2D eigenvalue weighted by molar-refractivity contribution is 8.00. The molecule has 0 spiro atoms. The molecule has 1 amide bonds. The van der Waals surface area contributed by atoms with Gasteiger partial charge in [0.1, 0.15) is 11.3 Å². The number of amides is 1. The summed E-state index contributed by atoms with van der Waals surface area (Å²) < 4.78 is 5.08. The lowest BCUT2D eigenvalue weighted by Crippen LogP contribution is -2.60. The van der Waals surface area contributed by atoms with Crippen LogP contribution in [-0.4, -0.2) is 34.9 Å². The molecule has 1 atom stereocenters. The molecule has 5 nitrogen and oxygen atoms in total. The van der Waals surface area contributed by atoms with Crippen LogP contribution in [0.3, 0.4) is 0 Å². The highest BCUT2D eigenvalue weighted by atomic mass is 32.2. The standard InChI is InChI=1S/C15H19NO4S/c1-10(21-12-6-4-11(20-2)5-7-12)13(17)16-15(14(18)19)8-3-9-15/h4-7,10H,3,8-9H2,1-2H3,(H,16,17)(H,18,19). The Balaban J connectivity index is 1.94. The molecule has 1 aromatic rings. The van der Waals surface area contributed by atoms with Crippen molar-refractivity contribution in [3.05, 3.63) is 24.3 Å². The predicted octanol–water partition coefficient (Wildman–Crippen LogP) is 2.30. The zero-order valence-electron chi connectivity index (χ0n) is 12.1. The number of carboxylic acid groups (broad SMARTS) is 1. The molecular formula is C15H19NO4S. The van der Waals surface area contributed by atoms with E-state index in [4.69, 9.17) is 4.74 Å². The van der Waals surface area contributed by atoms with Crippen molar-refractivity contribution in [2.75, 3.05) is 7.11 Å². The first-order valence-electron chi connectivity index (χ1n) is 6.83. The fourth-order valence-electron chi connectivity index (χ4n) is 2.17. The molecule has 0 saturated heterocycles. The molecule has 2 N–H and O–H groups in total. The van der Waals surface area contributed by atoms with Crippen LogP contribution in [0.5, 0.6) is 5.75 Å². The van der Waals surface area contributed by atoms with E-state index < -0.39 is 11.5 Å². The Hall–Kier alpha value is -1.69. The molecular weight excluding hydrogens is 290 g/mol. The number of ether oxygens (including phenoxy) is 1. The second-order valence-corrected chi connectivity index (χ2v) is 6.58. The van der Waals surface area contributed by atoms with Gasteiger partial charge in [-0.1, -0.05) is 0 Å². The second kappa shape index (κ2) is 6.39. The quantitative estimate of drug-likeness (QED) is 0.789. The first-order valence-corrected chi connectivity index (χ1v) is 7.71. The van der Waals surface area contributed by atoms with E-state index in [0.29, 0.717) is 12.8 Å². The molecule has 114 valence electrons. The summed E-state index contributed by atoms with van der Waals surface area (Å²) in [6.07, 6.45) is 1.86. The average Bonchev–Trinajstić information content (AvgIpc) is 2.42. The third kappa shape index (κ3) is 3.50. The Kier molecular flexibility index (Phi) is 4.77. The van der Waals surface area contributed by atoms with Gasteiger partial charge < -0.3 is 15.2 Å². The van der Waals surface area contributed by atoms with Gasteiger partial charge in [0.15, 0.2) is 0 Å². The van der Waals surface area contributed by atoms with Crippen molar-refractivity contribution in [3.8, 4) is 5.75 Å². The smallest absolute Gasteiger partial charge is 0.329 e. The first-order chi connectivity index (χ1) is 9.97. The monoisotopic (exact) mass is 309 g/mol. The maximum absolute atomic E-state index is 12.2. The number of hydrogen-bond donors (Lipinski definition) is 2. The van der Waals surface area contributed by atoms with Crippen LogP contribution < -0.4 is 10.1 Å². The van der Waals surface area contributed by atoms with Crippen LogP contribution >= 0.6 is 11.8 Å². The predicted molar refractivity (Wildman–Crippen MR) is 80.7 cm³/mol. The zero-order valence-corrected chi connectivity index (χ0v) is 12.9. The van der Waals surface area contributed by atoms with Crippen molar-refractivity contribution in [1.82, 2.24) is 5.32 Å². The van der Waals surface area contributed by atoms with Gasteiger partial charge in [0, 0.05) is 4.90 Å². The number of carboxylic acids is 1. The van der Waals surface area contributed by atoms with Gasteiger partial charge >= 0.3 is 5.97 Å². The van der Waals surface area contributed by atoms with Gasteiger partial charge in [0.05, 0.1) is 12.4 Å². The third-order valence-electron chi connectivity index (χ3n) is 3.72. The van der Waals surface area contributed by atoms with Crippen LogP contribution in [0.25, 0.3) is 0 Å². The van der Waals surface area contributed by atoms with E-state index in [-0.39, 0.29) is 11.2 Å². The van der Waals surface area contributed by atoms with Crippen LogP contribution in [-0.2, 0) is 9.59 Å². The highest BCUT2D eigenvalue weighted by Crippen LogP contribution is 2.33. The van der Waals surface area contributed by atoms with Crippen molar-refractivity contribution < 1.29 is 19.4 Å². The van der Waals surface area contributed by atoms with Crippen LogP contribution in [0.2, 0.25) is 0 Å². The molecule has 0 heterocycles. The van der Waals surface area contributed by atoms with E-state index >= 15 is 0 Å².